The lowest BCUT2D eigenvalue weighted by molar-refractivity contribution is 0.0581. The predicted molar refractivity (Wildman–Crippen MR) is 130 cm³/mol. The van der Waals surface area contributed by atoms with Crippen molar-refractivity contribution in [3.63, 3.8) is 0 Å². The second kappa shape index (κ2) is 8.81. The second-order valence-electron chi connectivity index (χ2n) is 9.22. The van der Waals surface area contributed by atoms with Gasteiger partial charge in [-0.15, -0.1) is 0 Å². The highest BCUT2D eigenvalue weighted by atomic mass is 35.5. The third-order valence-corrected chi connectivity index (χ3v) is 7.23. The summed E-state index contributed by atoms with van der Waals surface area (Å²) < 4.78 is 14.1. The van der Waals surface area contributed by atoms with Crippen LogP contribution in [0.15, 0.2) is 29.3 Å². The minimum Gasteiger partial charge on any atom is -0.381 e. The number of nitrogens with one attached hydrogen (secondary N) is 3. The third-order valence-electron chi connectivity index (χ3n) is 7.02. The number of amides is 1. The molecule has 1 amide bonds. The molecule has 11 nitrogen and oxygen atoms in total. The summed E-state index contributed by atoms with van der Waals surface area (Å²) in [5.74, 6) is 1.54. The second-order valence-corrected chi connectivity index (χ2v) is 9.65. The minimum atomic E-state index is -0.228. The molecule has 4 atom stereocenters. The monoisotopic (exact) mass is 499 g/mol. The van der Waals surface area contributed by atoms with Crippen LogP contribution in [0, 0.1) is 11.8 Å². The molecule has 2 aliphatic heterocycles. The van der Waals surface area contributed by atoms with Crippen LogP contribution in [-0.2, 0) is 9.47 Å². The Balaban J connectivity index is 1.32. The van der Waals surface area contributed by atoms with Crippen molar-refractivity contribution in [3.05, 3.63) is 45.5 Å². The summed E-state index contributed by atoms with van der Waals surface area (Å²) in [5.41, 5.74) is 0.811. The van der Waals surface area contributed by atoms with Crippen LogP contribution in [0.4, 0.5) is 17.3 Å². The first kappa shape index (κ1) is 22.3. The number of hydrogen-bond donors (Lipinski definition) is 3. The molecule has 0 unspecified atom stereocenters. The van der Waals surface area contributed by atoms with E-state index >= 15 is 0 Å². The number of carbonyl (C=O) groups excluding carboxylic acids is 1. The minimum absolute atomic E-state index is 0.0729. The van der Waals surface area contributed by atoms with E-state index in [0.29, 0.717) is 71.8 Å². The molecule has 12 heteroatoms. The Morgan fingerprint density at radius 3 is 2.77 bits per heavy atom. The lowest BCUT2D eigenvalue weighted by Crippen LogP contribution is -2.31. The molecule has 3 fully saturated rings. The fourth-order valence-corrected chi connectivity index (χ4v) is 5.27. The lowest BCUT2D eigenvalue weighted by Gasteiger charge is -2.25. The van der Waals surface area contributed by atoms with Gasteiger partial charge in [0.05, 0.1) is 37.1 Å². The molecule has 0 bridgehead atoms. The highest BCUT2D eigenvalue weighted by Crippen LogP contribution is 2.44. The molecular weight excluding hydrogens is 474 g/mol. The molecule has 0 radical (unpaired) electrons. The van der Waals surface area contributed by atoms with E-state index in [1.165, 1.54) is 6.20 Å². The first-order valence-corrected chi connectivity index (χ1v) is 12.1. The SMILES string of the molecule is CNc1cc(Nc2cc(Cl)cn([C@@H]3CCCOC3)c2=O)nc2c(C(=O)N[C@H]3[C@@H]4COC[C@@H]43)cnn12. The van der Waals surface area contributed by atoms with E-state index in [0.717, 1.165) is 12.8 Å². The van der Waals surface area contributed by atoms with Crippen LogP contribution >= 0.6 is 11.6 Å². The van der Waals surface area contributed by atoms with Crippen LogP contribution in [-0.4, -0.2) is 64.6 Å². The molecule has 3 N–H and O–H groups in total. The number of nitrogens with zero attached hydrogens (tertiary/aromatic N) is 4. The van der Waals surface area contributed by atoms with Crippen LogP contribution < -0.4 is 21.5 Å². The summed E-state index contributed by atoms with van der Waals surface area (Å²) in [4.78, 5) is 30.9. The molecule has 0 aromatic carbocycles. The lowest BCUT2D eigenvalue weighted by atomic mass is 10.1. The average molecular weight is 500 g/mol. The zero-order valence-corrected chi connectivity index (χ0v) is 19.9. The van der Waals surface area contributed by atoms with Gasteiger partial charge in [0.2, 0.25) is 0 Å². The molecule has 0 spiro atoms. The van der Waals surface area contributed by atoms with E-state index in [9.17, 15) is 9.59 Å². The van der Waals surface area contributed by atoms with Gasteiger partial charge in [-0.25, -0.2) is 4.98 Å². The molecule has 1 aliphatic carbocycles. The van der Waals surface area contributed by atoms with Crippen molar-refractivity contribution < 1.29 is 14.3 Å². The highest BCUT2D eigenvalue weighted by molar-refractivity contribution is 6.30. The third kappa shape index (κ3) is 4.03. The zero-order valence-electron chi connectivity index (χ0n) is 19.2. The van der Waals surface area contributed by atoms with Crippen LogP contribution in [0.3, 0.4) is 0 Å². The normalized spacial score (nSPS) is 25.3. The smallest absolute Gasteiger partial charge is 0.274 e. The van der Waals surface area contributed by atoms with Gasteiger partial charge >= 0.3 is 0 Å². The summed E-state index contributed by atoms with van der Waals surface area (Å²) >= 11 is 6.36. The van der Waals surface area contributed by atoms with Gasteiger partial charge in [0.1, 0.15) is 22.9 Å². The predicted octanol–water partition coefficient (Wildman–Crippen LogP) is 2.06. The van der Waals surface area contributed by atoms with Crippen molar-refractivity contribution in [1.29, 1.82) is 0 Å². The molecule has 184 valence electrons. The number of carbonyl (C=O) groups is 1. The number of fused-ring (bicyclic) bond motifs is 2. The molecule has 3 aromatic rings. The Morgan fingerprint density at radius 2 is 2.03 bits per heavy atom. The van der Waals surface area contributed by atoms with Gasteiger partial charge in [-0.3, -0.25) is 9.59 Å². The largest absolute Gasteiger partial charge is 0.381 e. The summed E-state index contributed by atoms with van der Waals surface area (Å²) in [7, 11) is 1.75. The quantitative estimate of drug-likeness (QED) is 0.471. The maximum atomic E-state index is 13.2. The van der Waals surface area contributed by atoms with Crippen LogP contribution in [0.2, 0.25) is 5.02 Å². The van der Waals surface area contributed by atoms with Gasteiger partial charge in [-0.1, -0.05) is 11.6 Å². The van der Waals surface area contributed by atoms with Gasteiger partial charge in [0.15, 0.2) is 5.65 Å². The summed E-state index contributed by atoms with van der Waals surface area (Å²) in [6.07, 6.45) is 4.88. The Hall–Kier alpha value is -3.15. The molecule has 3 aromatic heterocycles. The first-order valence-electron chi connectivity index (χ1n) is 11.7. The van der Waals surface area contributed by atoms with Gasteiger partial charge in [0.25, 0.3) is 11.5 Å². The first-order chi connectivity index (χ1) is 17.0. The maximum absolute atomic E-state index is 13.2. The van der Waals surface area contributed by atoms with E-state index in [1.54, 1.807) is 34.5 Å². The average Bonchev–Trinajstić information content (AvgIpc) is 3.22. The number of hydrogen-bond acceptors (Lipinski definition) is 8. The van der Waals surface area contributed by atoms with Crippen molar-refractivity contribution in [2.75, 3.05) is 44.1 Å². The fraction of sp³-hybridized carbons (Fsp3) is 0.478. The van der Waals surface area contributed by atoms with Gasteiger partial charge < -0.3 is 30.0 Å². The van der Waals surface area contributed by atoms with Crippen LogP contribution in [0.1, 0.15) is 29.2 Å². The molecule has 3 aliphatic rings. The van der Waals surface area contributed by atoms with Gasteiger partial charge in [-0.05, 0) is 18.9 Å². The Kier molecular flexibility index (Phi) is 5.62. The molecular formula is C23H26ClN7O4. The van der Waals surface area contributed by atoms with Crippen molar-refractivity contribution >= 4 is 40.5 Å². The van der Waals surface area contributed by atoms with E-state index < -0.39 is 0 Å². The zero-order chi connectivity index (χ0) is 24.1. The van der Waals surface area contributed by atoms with Crippen molar-refractivity contribution in [2.24, 2.45) is 11.8 Å². The van der Waals surface area contributed by atoms with Crippen molar-refractivity contribution in [2.45, 2.75) is 24.9 Å². The van der Waals surface area contributed by atoms with E-state index in [2.05, 4.69) is 26.0 Å². The Bertz CT molecular complexity index is 1340. The Labute approximate surface area is 205 Å². The van der Waals surface area contributed by atoms with E-state index in [-0.39, 0.29) is 23.6 Å². The summed E-state index contributed by atoms with van der Waals surface area (Å²) in [6.45, 7) is 2.54. The molecule has 2 saturated heterocycles. The van der Waals surface area contributed by atoms with Gasteiger partial charge in [0, 0.05) is 43.8 Å². The molecule has 1 saturated carbocycles. The number of rotatable bonds is 6. The molecule has 5 heterocycles. The number of halogens is 1. The van der Waals surface area contributed by atoms with E-state index in [1.807, 2.05) is 0 Å². The fourth-order valence-electron chi connectivity index (χ4n) is 5.06. The molecule has 6 rings (SSSR count). The number of ether oxygens (including phenoxy) is 2. The summed E-state index contributed by atoms with van der Waals surface area (Å²) in [6, 6.07) is 3.35. The standard InChI is InChI=1S/C23H26ClN7O4/c1-25-19-6-18(27-17-5-12(24)8-30(23(17)33)13-3-2-4-34-9-13)28-21-14(7-26-31(19)21)22(32)29-20-15-10-35-11-16(15)20/h5-8,13,15-16,20,25H,2-4,9-11H2,1H3,(H,27,28)(H,29,32)/t13-,15-,16+,20+/m1/s1. The molecule has 35 heavy (non-hydrogen) atoms. The Morgan fingerprint density at radius 1 is 1.20 bits per heavy atom. The van der Waals surface area contributed by atoms with Crippen molar-refractivity contribution in [1.82, 2.24) is 24.5 Å². The maximum Gasteiger partial charge on any atom is 0.274 e. The van der Waals surface area contributed by atoms with Crippen LogP contribution in [0.5, 0.6) is 0 Å². The highest BCUT2D eigenvalue weighted by Gasteiger charge is 2.54. The number of anilines is 3. The van der Waals surface area contributed by atoms with Crippen LogP contribution in [0.25, 0.3) is 5.65 Å². The van der Waals surface area contributed by atoms with Crippen molar-refractivity contribution in [3.8, 4) is 0 Å². The van der Waals surface area contributed by atoms with E-state index in [4.69, 9.17) is 21.1 Å². The number of pyridine rings is 1. The summed E-state index contributed by atoms with van der Waals surface area (Å²) in [5, 5.41) is 14.0. The number of aromatic nitrogens is 4. The van der Waals surface area contributed by atoms with Gasteiger partial charge in [-0.2, -0.15) is 9.61 Å². The topological polar surface area (TPSA) is 124 Å².